The summed E-state index contributed by atoms with van der Waals surface area (Å²) in [5.74, 6) is -1.55. The van der Waals surface area contributed by atoms with Crippen LogP contribution in [0.25, 0.3) is 0 Å². The maximum atomic E-state index is 11.8. The maximum Gasteiger partial charge on any atom is 0.408 e. The second-order valence-electron chi connectivity index (χ2n) is 5.95. The number of amides is 2. The first-order valence-corrected chi connectivity index (χ1v) is 6.97. The van der Waals surface area contributed by atoms with Crippen LogP contribution in [0.2, 0.25) is 0 Å². The van der Waals surface area contributed by atoms with E-state index in [2.05, 4.69) is 15.8 Å². The van der Waals surface area contributed by atoms with Crippen LogP contribution < -0.4 is 10.6 Å². The van der Waals surface area contributed by atoms with E-state index < -0.39 is 29.6 Å². The Morgan fingerprint density at radius 1 is 1.35 bits per heavy atom. The molecule has 0 aliphatic carbocycles. The molecule has 128 valence electrons. The highest BCUT2D eigenvalue weighted by Crippen LogP contribution is 2.19. The average molecular weight is 327 g/mol. The fourth-order valence-corrected chi connectivity index (χ4v) is 1.77. The van der Waals surface area contributed by atoms with Crippen molar-refractivity contribution >= 4 is 18.0 Å². The van der Waals surface area contributed by atoms with Crippen LogP contribution in [-0.4, -0.2) is 40.4 Å². The van der Waals surface area contributed by atoms with Crippen LogP contribution in [0.15, 0.2) is 4.52 Å². The molecule has 0 aromatic carbocycles. The van der Waals surface area contributed by atoms with Gasteiger partial charge in [-0.05, 0) is 34.6 Å². The molecule has 0 fully saturated rings. The van der Waals surface area contributed by atoms with Crippen molar-refractivity contribution in [2.24, 2.45) is 0 Å². The van der Waals surface area contributed by atoms with E-state index in [9.17, 15) is 14.4 Å². The Kier molecular flexibility index (Phi) is 5.72. The normalized spacial score (nSPS) is 12.4. The molecular weight excluding hydrogens is 306 g/mol. The van der Waals surface area contributed by atoms with Crippen molar-refractivity contribution in [2.45, 2.75) is 46.3 Å². The molecule has 0 aliphatic heterocycles. The van der Waals surface area contributed by atoms with Gasteiger partial charge in [-0.15, -0.1) is 0 Å². The van der Waals surface area contributed by atoms with Gasteiger partial charge in [-0.25, -0.2) is 9.59 Å². The number of nitrogens with zero attached hydrogens (tertiary/aromatic N) is 1. The molecule has 1 heterocycles. The SMILES string of the molecule is Cc1onc([C@H](C)NC(=O)CNC(=O)OC(C)(C)C)c1C(=O)O. The molecule has 1 aromatic heterocycles. The number of nitrogens with one attached hydrogen (secondary N) is 2. The molecule has 1 aromatic rings. The first-order valence-electron chi connectivity index (χ1n) is 6.97. The minimum Gasteiger partial charge on any atom is -0.477 e. The molecule has 0 bridgehead atoms. The predicted molar refractivity (Wildman–Crippen MR) is 79.0 cm³/mol. The van der Waals surface area contributed by atoms with Crippen LogP contribution in [0.1, 0.15) is 55.5 Å². The zero-order valence-corrected chi connectivity index (χ0v) is 13.7. The number of carboxylic acids is 1. The average Bonchev–Trinajstić information content (AvgIpc) is 2.76. The van der Waals surface area contributed by atoms with E-state index in [1.165, 1.54) is 6.92 Å². The lowest BCUT2D eigenvalue weighted by Crippen LogP contribution is -2.40. The Labute approximate surface area is 133 Å². The van der Waals surface area contributed by atoms with Crippen molar-refractivity contribution in [3.05, 3.63) is 17.0 Å². The second-order valence-corrected chi connectivity index (χ2v) is 5.95. The Hall–Kier alpha value is -2.58. The highest BCUT2D eigenvalue weighted by atomic mass is 16.6. The number of aromatic carboxylic acids is 1. The van der Waals surface area contributed by atoms with E-state index in [4.69, 9.17) is 14.4 Å². The number of hydrogen-bond donors (Lipinski definition) is 3. The first-order chi connectivity index (χ1) is 10.5. The number of alkyl carbamates (subject to hydrolysis) is 1. The molecule has 0 unspecified atom stereocenters. The number of aryl methyl sites for hydroxylation is 1. The van der Waals surface area contributed by atoms with Crippen LogP contribution in [0.3, 0.4) is 0 Å². The fraction of sp³-hybridized carbons (Fsp3) is 0.571. The lowest BCUT2D eigenvalue weighted by atomic mass is 10.1. The lowest BCUT2D eigenvalue weighted by Gasteiger charge is -2.19. The van der Waals surface area contributed by atoms with Gasteiger partial charge in [0.1, 0.15) is 29.2 Å². The molecule has 1 rings (SSSR count). The number of rotatable bonds is 5. The number of carbonyl (C=O) groups excluding carboxylic acids is 2. The number of aromatic nitrogens is 1. The van der Waals surface area contributed by atoms with Crippen LogP contribution in [0.5, 0.6) is 0 Å². The topological polar surface area (TPSA) is 131 Å². The van der Waals surface area contributed by atoms with Crippen molar-refractivity contribution in [3.63, 3.8) is 0 Å². The monoisotopic (exact) mass is 327 g/mol. The van der Waals surface area contributed by atoms with Crippen LogP contribution in [0.4, 0.5) is 4.79 Å². The van der Waals surface area contributed by atoms with Gasteiger partial charge in [0.25, 0.3) is 0 Å². The smallest absolute Gasteiger partial charge is 0.408 e. The summed E-state index contributed by atoms with van der Waals surface area (Å²) in [6, 6.07) is -0.688. The molecule has 3 N–H and O–H groups in total. The Morgan fingerprint density at radius 2 is 1.96 bits per heavy atom. The van der Waals surface area contributed by atoms with Gasteiger partial charge in [-0.2, -0.15) is 0 Å². The summed E-state index contributed by atoms with van der Waals surface area (Å²) in [6.07, 6.45) is -0.719. The molecular formula is C14H21N3O6. The van der Waals surface area contributed by atoms with Crippen molar-refractivity contribution in [1.82, 2.24) is 15.8 Å². The molecule has 9 nitrogen and oxygen atoms in total. The second kappa shape index (κ2) is 7.12. The van der Waals surface area contributed by atoms with Crippen LogP contribution in [0, 0.1) is 6.92 Å². The van der Waals surface area contributed by atoms with E-state index in [1.807, 2.05) is 0 Å². The first kappa shape index (κ1) is 18.5. The summed E-state index contributed by atoms with van der Waals surface area (Å²) in [4.78, 5) is 34.4. The highest BCUT2D eigenvalue weighted by Gasteiger charge is 2.25. The van der Waals surface area contributed by atoms with Gasteiger partial charge in [-0.3, -0.25) is 4.79 Å². The third-order valence-electron chi connectivity index (χ3n) is 2.68. The van der Waals surface area contributed by atoms with E-state index >= 15 is 0 Å². The molecule has 2 amide bonds. The molecule has 9 heteroatoms. The Balaban J connectivity index is 2.58. The van der Waals surface area contributed by atoms with Crippen molar-refractivity contribution in [2.75, 3.05) is 6.54 Å². The third-order valence-corrected chi connectivity index (χ3v) is 2.68. The fourth-order valence-electron chi connectivity index (χ4n) is 1.77. The molecule has 0 radical (unpaired) electrons. The molecule has 0 saturated heterocycles. The van der Waals surface area contributed by atoms with Gasteiger partial charge in [-0.1, -0.05) is 5.16 Å². The molecule has 0 saturated carbocycles. The van der Waals surface area contributed by atoms with E-state index in [0.29, 0.717) is 0 Å². The largest absolute Gasteiger partial charge is 0.477 e. The summed E-state index contributed by atoms with van der Waals surface area (Å²) in [5, 5.41) is 17.6. The summed E-state index contributed by atoms with van der Waals surface area (Å²) >= 11 is 0. The summed E-state index contributed by atoms with van der Waals surface area (Å²) in [5.41, 5.74) is -0.638. The zero-order chi connectivity index (χ0) is 17.8. The third kappa shape index (κ3) is 5.61. The quantitative estimate of drug-likeness (QED) is 0.744. The standard InChI is InChI=1S/C14H21N3O6/c1-7(11-10(12(19)20)8(2)23-17-11)16-9(18)6-15-13(21)22-14(3,4)5/h7H,6H2,1-5H3,(H,15,21)(H,16,18)(H,19,20)/t7-/m0/s1. The van der Waals surface area contributed by atoms with Gasteiger partial charge < -0.3 is 25.0 Å². The number of carboxylic acid groups (broad SMARTS) is 1. The molecule has 0 spiro atoms. The predicted octanol–water partition coefficient (Wildman–Crippen LogP) is 1.38. The summed E-state index contributed by atoms with van der Waals surface area (Å²) < 4.78 is 9.84. The van der Waals surface area contributed by atoms with E-state index in [-0.39, 0.29) is 23.6 Å². The lowest BCUT2D eigenvalue weighted by molar-refractivity contribution is -0.121. The van der Waals surface area contributed by atoms with Gasteiger partial charge >= 0.3 is 12.1 Å². The molecule has 23 heavy (non-hydrogen) atoms. The minimum atomic E-state index is -1.19. The van der Waals surface area contributed by atoms with Gasteiger partial charge in [0, 0.05) is 0 Å². The van der Waals surface area contributed by atoms with Crippen molar-refractivity contribution < 1.29 is 28.8 Å². The van der Waals surface area contributed by atoms with Crippen molar-refractivity contribution in [3.8, 4) is 0 Å². The molecule has 0 aliphatic rings. The number of carbonyl (C=O) groups is 3. The van der Waals surface area contributed by atoms with Crippen LogP contribution >= 0.6 is 0 Å². The summed E-state index contributed by atoms with van der Waals surface area (Å²) in [6.45, 7) is 7.84. The van der Waals surface area contributed by atoms with E-state index in [0.717, 1.165) is 0 Å². The Morgan fingerprint density at radius 3 is 2.48 bits per heavy atom. The van der Waals surface area contributed by atoms with Gasteiger partial charge in [0.05, 0.1) is 6.04 Å². The maximum absolute atomic E-state index is 11.8. The summed E-state index contributed by atoms with van der Waals surface area (Å²) in [7, 11) is 0. The zero-order valence-electron chi connectivity index (χ0n) is 13.7. The highest BCUT2D eigenvalue weighted by molar-refractivity contribution is 5.90. The number of ether oxygens (including phenoxy) is 1. The number of hydrogen-bond acceptors (Lipinski definition) is 6. The van der Waals surface area contributed by atoms with Crippen molar-refractivity contribution in [1.29, 1.82) is 0 Å². The van der Waals surface area contributed by atoms with E-state index in [1.54, 1.807) is 27.7 Å². The molecule has 1 atom stereocenters. The van der Waals surface area contributed by atoms with Crippen LogP contribution in [-0.2, 0) is 9.53 Å². The minimum absolute atomic E-state index is 0.0853. The van der Waals surface area contributed by atoms with Gasteiger partial charge in [0.15, 0.2) is 0 Å². The Bertz CT molecular complexity index is 602. The van der Waals surface area contributed by atoms with Gasteiger partial charge in [0.2, 0.25) is 5.91 Å².